The first-order chi connectivity index (χ1) is 14.9. The standard InChI is InChI=1S/C18H14N6O7/c1-30-13-8-4-5-9-14(13)31-18-15(24(28)29)16(19-10-20-18)21-22-17(25)11-6-2-3-7-12(11)23(26)27/h2-10H,1H3,(H,22,25)(H,19,20,21). The minimum Gasteiger partial charge on any atom is -0.493 e. The summed E-state index contributed by atoms with van der Waals surface area (Å²) < 4.78 is 10.7. The summed E-state index contributed by atoms with van der Waals surface area (Å²) in [6.07, 6.45) is 0.983. The number of benzene rings is 2. The zero-order valence-corrected chi connectivity index (χ0v) is 15.8. The number of hydrogen-bond donors (Lipinski definition) is 2. The quantitative estimate of drug-likeness (QED) is 0.403. The number of rotatable bonds is 8. The topological polar surface area (TPSA) is 172 Å². The van der Waals surface area contributed by atoms with E-state index in [0.717, 1.165) is 12.4 Å². The van der Waals surface area contributed by atoms with E-state index in [2.05, 4.69) is 20.8 Å². The summed E-state index contributed by atoms with van der Waals surface area (Å²) in [7, 11) is 1.40. The van der Waals surface area contributed by atoms with E-state index in [9.17, 15) is 25.0 Å². The van der Waals surface area contributed by atoms with Crippen LogP contribution in [0.3, 0.4) is 0 Å². The molecule has 1 aromatic heterocycles. The maximum Gasteiger partial charge on any atom is 0.374 e. The third-order valence-electron chi connectivity index (χ3n) is 3.89. The van der Waals surface area contributed by atoms with Crippen molar-refractivity contribution >= 4 is 23.1 Å². The van der Waals surface area contributed by atoms with Crippen LogP contribution in [0.1, 0.15) is 10.4 Å². The van der Waals surface area contributed by atoms with Crippen molar-refractivity contribution in [3.05, 3.63) is 80.7 Å². The number of ether oxygens (including phenoxy) is 2. The Balaban J connectivity index is 1.87. The Morgan fingerprint density at radius 1 is 0.968 bits per heavy atom. The first-order valence-electron chi connectivity index (χ1n) is 8.52. The molecule has 3 aromatic rings. The Morgan fingerprint density at radius 2 is 1.65 bits per heavy atom. The molecule has 0 aliphatic heterocycles. The molecule has 2 aromatic carbocycles. The molecule has 0 atom stereocenters. The molecule has 0 saturated carbocycles. The smallest absolute Gasteiger partial charge is 0.374 e. The summed E-state index contributed by atoms with van der Waals surface area (Å²) in [6.45, 7) is 0. The van der Waals surface area contributed by atoms with Crippen LogP contribution in [0, 0.1) is 20.2 Å². The van der Waals surface area contributed by atoms with Gasteiger partial charge in [0.05, 0.1) is 17.0 Å². The predicted octanol–water partition coefficient (Wildman–Crippen LogP) is 2.85. The number of nitro benzene ring substituents is 1. The minimum absolute atomic E-state index is 0.168. The van der Waals surface area contributed by atoms with Gasteiger partial charge >= 0.3 is 11.6 Å². The van der Waals surface area contributed by atoms with Gasteiger partial charge in [-0.05, 0) is 18.2 Å². The van der Waals surface area contributed by atoms with E-state index in [1.54, 1.807) is 18.2 Å². The molecule has 0 spiro atoms. The monoisotopic (exact) mass is 426 g/mol. The van der Waals surface area contributed by atoms with Crippen LogP contribution in [-0.4, -0.2) is 32.8 Å². The first-order valence-corrected chi connectivity index (χ1v) is 8.52. The zero-order valence-electron chi connectivity index (χ0n) is 15.8. The third-order valence-corrected chi connectivity index (χ3v) is 3.89. The molecule has 0 bridgehead atoms. The highest BCUT2D eigenvalue weighted by molar-refractivity contribution is 5.98. The van der Waals surface area contributed by atoms with Gasteiger partial charge in [-0.25, -0.2) is 4.98 Å². The summed E-state index contributed by atoms with van der Waals surface area (Å²) in [6, 6.07) is 11.7. The molecule has 0 unspecified atom stereocenters. The summed E-state index contributed by atoms with van der Waals surface area (Å²) >= 11 is 0. The number of nitrogens with zero attached hydrogens (tertiary/aromatic N) is 4. The molecule has 13 nitrogen and oxygen atoms in total. The molecule has 158 valence electrons. The van der Waals surface area contributed by atoms with Crippen LogP contribution in [0.25, 0.3) is 0 Å². The summed E-state index contributed by atoms with van der Waals surface area (Å²) in [4.78, 5) is 41.0. The lowest BCUT2D eigenvalue weighted by atomic mass is 10.2. The molecular weight excluding hydrogens is 412 g/mol. The molecule has 2 N–H and O–H groups in total. The highest BCUT2D eigenvalue weighted by Crippen LogP contribution is 2.37. The molecule has 31 heavy (non-hydrogen) atoms. The molecular formula is C18H14N6O7. The van der Waals surface area contributed by atoms with Gasteiger partial charge in [0.15, 0.2) is 11.5 Å². The molecule has 13 heteroatoms. The number of methoxy groups -OCH3 is 1. The van der Waals surface area contributed by atoms with Crippen molar-refractivity contribution in [3.63, 3.8) is 0 Å². The molecule has 0 fully saturated rings. The fourth-order valence-electron chi connectivity index (χ4n) is 2.51. The number of carbonyl (C=O) groups is 1. The van der Waals surface area contributed by atoms with E-state index >= 15 is 0 Å². The van der Waals surface area contributed by atoms with Crippen LogP contribution in [0.4, 0.5) is 17.2 Å². The van der Waals surface area contributed by atoms with Crippen molar-refractivity contribution in [2.75, 3.05) is 12.5 Å². The lowest BCUT2D eigenvalue weighted by Gasteiger charge is -2.12. The molecule has 0 radical (unpaired) electrons. The van der Waals surface area contributed by atoms with Crippen molar-refractivity contribution < 1.29 is 24.1 Å². The summed E-state index contributed by atoms with van der Waals surface area (Å²) in [5.74, 6) is -1.22. The van der Waals surface area contributed by atoms with E-state index in [1.807, 2.05) is 0 Å². The summed E-state index contributed by atoms with van der Waals surface area (Å²) in [5, 5.41) is 22.7. The number of hydrazine groups is 1. The summed E-state index contributed by atoms with van der Waals surface area (Å²) in [5.41, 5.74) is 3.09. The average molecular weight is 426 g/mol. The highest BCUT2D eigenvalue weighted by atomic mass is 16.6. The van der Waals surface area contributed by atoms with Gasteiger partial charge in [0, 0.05) is 6.07 Å². The number of carbonyl (C=O) groups excluding carboxylic acids is 1. The van der Waals surface area contributed by atoms with Crippen molar-refractivity contribution in [2.24, 2.45) is 0 Å². The second-order valence-corrected chi connectivity index (χ2v) is 5.74. The Kier molecular flexibility index (Phi) is 6.16. The molecule has 0 aliphatic carbocycles. The number of hydrogen-bond acceptors (Lipinski definition) is 10. The average Bonchev–Trinajstić information content (AvgIpc) is 2.77. The molecule has 1 heterocycles. The van der Waals surface area contributed by atoms with Crippen LogP contribution in [0.2, 0.25) is 0 Å². The van der Waals surface area contributed by atoms with Crippen molar-refractivity contribution in [1.29, 1.82) is 0 Å². The van der Waals surface area contributed by atoms with Gasteiger partial charge in [-0.1, -0.05) is 24.3 Å². The van der Waals surface area contributed by atoms with E-state index in [4.69, 9.17) is 9.47 Å². The fraction of sp³-hybridized carbons (Fsp3) is 0.0556. The number of anilines is 1. The van der Waals surface area contributed by atoms with Gasteiger partial charge in [-0.3, -0.25) is 35.9 Å². The zero-order chi connectivity index (χ0) is 22.4. The van der Waals surface area contributed by atoms with Crippen molar-refractivity contribution in [3.8, 4) is 17.4 Å². The Morgan fingerprint density at radius 3 is 2.32 bits per heavy atom. The van der Waals surface area contributed by atoms with Gasteiger partial charge in [0.25, 0.3) is 11.6 Å². The van der Waals surface area contributed by atoms with Crippen molar-refractivity contribution in [1.82, 2.24) is 15.4 Å². The second-order valence-electron chi connectivity index (χ2n) is 5.74. The van der Waals surface area contributed by atoms with Gasteiger partial charge in [0.1, 0.15) is 11.9 Å². The number of para-hydroxylation sites is 3. The Labute approximate surface area is 173 Å². The maximum atomic E-state index is 12.3. The van der Waals surface area contributed by atoms with Crippen LogP contribution in [-0.2, 0) is 0 Å². The van der Waals surface area contributed by atoms with E-state index < -0.39 is 38.8 Å². The Bertz CT molecular complexity index is 1150. The maximum absolute atomic E-state index is 12.3. The molecule has 0 aliphatic rings. The van der Waals surface area contributed by atoms with Gasteiger partial charge in [-0.2, -0.15) is 4.98 Å². The lowest BCUT2D eigenvalue weighted by Crippen LogP contribution is -2.30. The molecule has 0 saturated heterocycles. The van der Waals surface area contributed by atoms with Crippen LogP contribution < -0.4 is 20.3 Å². The van der Waals surface area contributed by atoms with Crippen LogP contribution in [0.15, 0.2) is 54.9 Å². The molecule has 1 amide bonds. The second kappa shape index (κ2) is 9.13. The van der Waals surface area contributed by atoms with Crippen molar-refractivity contribution in [2.45, 2.75) is 0 Å². The van der Waals surface area contributed by atoms with Crippen LogP contribution >= 0.6 is 0 Å². The number of nitrogens with one attached hydrogen (secondary N) is 2. The predicted molar refractivity (Wildman–Crippen MR) is 106 cm³/mol. The van der Waals surface area contributed by atoms with Gasteiger partial charge in [0.2, 0.25) is 5.82 Å². The van der Waals surface area contributed by atoms with Gasteiger partial charge < -0.3 is 9.47 Å². The SMILES string of the molecule is COc1ccccc1Oc1ncnc(NNC(=O)c2ccccc2[N+](=O)[O-])c1[N+](=O)[O-]. The normalized spacial score (nSPS) is 10.1. The fourth-order valence-corrected chi connectivity index (χ4v) is 2.51. The number of amides is 1. The van der Waals surface area contributed by atoms with E-state index in [0.29, 0.717) is 5.75 Å². The van der Waals surface area contributed by atoms with E-state index in [1.165, 1.54) is 31.4 Å². The first kappa shape index (κ1) is 20.9. The Hall–Kier alpha value is -4.81. The van der Waals surface area contributed by atoms with Gasteiger partial charge in [-0.15, -0.1) is 0 Å². The molecule has 3 rings (SSSR count). The highest BCUT2D eigenvalue weighted by Gasteiger charge is 2.27. The van der Waals surface area contributed by atoms with E-state index in [-0.39, 0.29) is 11.3 Å². The number of nitro groups is 2. The minimum atomic E-state index is -0.896. The largest absolute Gasteiger partial charge is 0.493 e. The third kappa shape index (κ3) is 4.61. The number of aromatic nitrogens is 2. The van der Waals surface area contributed by atoms with Crippen LogP contribution in [0.5, 0.6) is 17.4 Å². The lowest BCUT2D eigenvalue weighted by molar-refractivity contribution is -0.385.